The van der Waals surface area contributed by atoms with Gasteiger partial charge < -0.3 is 19.4 Å². The van der Waals surface area contributed by atoms with E-state index in [2.05, 4.69) is 27.8 Å². The number of fused-ring (bicyclic) bond motifs is 1. The van der Waals surface area contributed by atoms with Crippen molar-refractivity contribution in [3.8, 4) is 6.07 Å². The topological polar surface area (TPSA) is 81.4 Å². The monoisotopic (exact) mass is 381 g/mol. The molecule has 2 aliphatic heterocycles. The highest BCUT2D eigenvalue weighted by Crippen LogP contribution is 2.32. The molecule has 148 valence electrons. The third kappa shape index (κ3) is 3.54. The lowest BCUT2D eigenvalue weighted by molar-refractivity contribution is 0.122. The van der Waals surface area contributed by atoms with Crippen LogP contribution in [-0.2, 0) is 4.74 Å². The molecule has 0 bridgehead atoms. The average Bonchev–Trinajstić information content (AvgIpc) is 2.73. The van der Waals surface area contributed by atoms with E-state index in [0.29, 0.717) is 36.2 Å². The molecule has 8 nitrogen and oxygen atoms in total. The Balaban J connectivity index is 1.85. The molecule has 2 saturated heterocycles. The smallest absolute Gasteiger partial charge is 0.228 e. The lowest BCUT2D eigenvalue weighted by Gasteiger charge is -2.32. The zero-order chi connectivity index (χ0) is 19.7. The van der Waals surface area contributed by atoms with Crippen LogP contribution >= 0.6 is 0 Å². The summed E-state index contributed by atoms with van der Waals surface area (Å²) in [5, 5.41) is 10.6. The summed E-state index contributed by atoms with van der Waals surface area (Å²) in [6.45, 7) is 6.99. The molecular weight excluding hydrogens is 354 g/mol. The number of rotatable bonds is 3. The number of ether oxygens (including phenoxy) is 1. The maximum atomic E-state index is 9.78. The SMILES string of the molecule is CC1CCN(c2nc(N(C)C)nc3nc(N4CCOCC4)c(C#N)cc23)CC1. The number of morpholine rings is 1. The van der Waals surface area contributed by atoms with Crippen molar-refractivity contribution in [1.82, 2.24) is 15.0 Å². The molecule has 0 amide bonds. The highest BCUT2D eigenvalue weighted by molar-refractivity contribution is 5.91. The molecule has 0 atom stereocenters. The summed E-state index contributed by atoms with van der Waals surface area (Å²) in [7, 11) is 3.88. The molecule has 4 heterocycles. The summed E-state index contributed by atoms with van der Waals surface area (Å²) >= 11 is 0. The maximum Gasteiger partial charge on any atom is 0.228 e. The lowest BCUT2D eigenvalue weighted by Crippen LogP contribution is -2.37. The van der Waals surface area contributed by atoms with Crippen molar-refractivity contribution in [3.63, 3.8) is 0 Å². The third-order valence-electron chi connectivity index (χ3n) is 5.55. The Labute approximate surface area is 165 Å². The number of hydrogen-bond donors (Lipinski definition) is 0. The van der Waals surface area contributed by atoms with Crippen LogP contribution in [0.1, 0.15) is 25.3 Å². The summed E-state index contributed by atoms with van der Waals surface area (Å²) < 4.78 is 5.45. The van der Waals surface area contributed by atoms with Gasteiger partial charge in [0.25, 0.3) is 0 Å². The van der Waals surface area contributed by atoms with Crippen LogP contribution in [0.2, 0.25) is 0 Å². The second kappa shape index (κ2) is 7.76. The molecule has 0 N–H and O–H groups in total. The van der Waals surface area contributed by atoms with Gasteiger partial charge in [-0.25, -0.2) is 4.98 Å². The Morgan fingerprint density at radius 1 is 1.04 bits per heavy atom. The zero-order valence-electron chi connectivity index (χ0n) is 16.9. The Morgan fingerprint density at radius 3 is 2.36 bits per heavy atom. The van der Waals surface area contributed by atoms with E-state index < -0.39 is 0 Å². The molecule has 4 rings (SSSR count). The molecule has 0 aromatic carbocycles. The Hall–Kier alpha value is -2.66. The third-order valence-corrected chi connectivity index (χ3v) is 5.55. The van der Waals surface area contributed by atoms with Gasteiger partial charge in [0.15, 0.2) is 5.65 Å². The van der Waals surface area contributed by atoms with Crippen molar-refractivity contribution in [1.29, 1.82) is 5.26 Å². The molecule has 2 fully saturated rings. The van der Waals surface area contributed by atoms with Crippen LogP contribution in [0.15, 0.2) is 6.07 Å². The number of pyridine rings is 1. The van der Waals surface area contributed by atoms with Gasteiger partial charge in [-0.15, -0.1) is 0 Å². The molecule has 2 aliphatic rings. The van der Waals surface area contributed by atoms with E-state index in [1.807, 2.05) is 25.1 Å². The second-order valence-electron chi connectivity index (χ2n) is 7.85. The largest absolute Gasteiger partial charge is 0.378 e. The fraction of sp³-hybridized carbons (Fsp3) is 0.600. The van der Waals surface area contributed by atoms with E-state index in [9.17, 15) is 5.26 Å². The van der Waals surface area contributed by atoms with E-state index in [1.165, 1.54) is 0 Å². The lowest BCUT2D eigenvalue weighted by atomic mass is 9.99. The van der Waals surface area contributed by atoms with E-state index in [-0.39, 0.29) is 0 Å². The summed E-state index contributed by atoms with van der Waals surface area (Å²) in [5.74, 6) is 2.96. The fourth-order valence-electron chi connectivity index (χ4n) is 3.78. The van der Waals surface area contributed by atoms with Gasteiger partial charge in [-0.3, -0.25) is 0 Å². The predicted molar refractivity (Wildman–Crippen MR) is 110 cm³/mol. The van der Waals surface area contributed by atoms with Crippen LogP contribution in [0.3, 0.4) is 0 Å². The summed E-state index contributed by atoms with van der Waals surface area (Å²) in [4.78, 5) is 20.7. The standard InChI is InChI=1S/C20H27N7O/c1-14-4-6-26(7-5-14)19-16-12-15(13-21)18(27-8-10-28-11-9-27)22-17(16)23-20(24-19)25(2)3/h12,14H,4-11H2,1-3H3. The molecule has 0 spiro atoms. The van der Waals surface area contributed by atoms with Gasteiger partial charge in [0, 0.05) is 40.3 Å². The summed E-state index contributed by atoms with van der Waals surface area (Å²) in [6, 6.07) is 4.25. The molecule has 2 aromatic rings. The average molecular weight is 381 g/mol. The van der Waals surface area contributed by atoms with Gasteiger partial charge in [0.1, 0.15) is 17.7 Å². The predicted octanol–water partition coefficient (Wildman–Crippen LogP) is 2.04. The van der Waals surface area contributed by atoms with Crippen LogP contribution in [0, 0.1) is 17.2 Å². The minimum atomic E-state index is 0.572. The summed E-state index contributed by atoms with van der Waals surface area (Å²) in [5.41, 5.74) is 1.22. The number of hydrogen-bond acceptors (Lipinski definition) is 8. The van der Waals surface area contributed by atoms with Crippen molar-refractivity contribution >= 4 is 28.6 Å². The Morgan fingerprint density at radius 2 is 1.71 bits per heavy atom. The number of aromatic nitrogens is 3. The van der Waals surface area contributed by atoms with E-state index >= 15 is 0 Å². The van der Waals surface area contributed by atoms with Crippen LogP contribution in [-0.4, -0.2) is 68.4 Å². The number of nitrogens with zero attached hydrogens (tertiary/aromatic N) is 7. The van der Waals surface area contributed by atoms with Gasteiger partial charge >= 0.3 is 0 Å². The fourth-order valence-corrected chi connectivity index (χ4v) is 3.78. The maximum absolute atomic E-state index is 9.78. The molecular formula is C20H27N7O. The molecule has 28 heavy (non-hydrogen) atoms. The van der Waals surface area contributed by atoms with Gasteiger partial charge in [0.2, 0.25) is 5.95 Å². The molecule has 0 unspecified atom stereocenters. The second-order valence-corrected chi connectivity index (χ2v) is 7.85. The normalized spacial score (nSPS) is 18.4. The van der Waals surface area contributed by atoms with E-state index in [0.717, 1.165) is 56.1 Å². The first-order valence-electron chi connectivity index (χ1n) is 9.94. The number of anilines is 3. The minimum Gasteiger partial charge on any atom is -0.378 e. The van der Waals surface area contributed by atoms with Gasteiger partial charge in [-0.1, -0.05) is 6.92 Å². The van der Waals surface area contributed by atoms with Crippen molar-refractivity contribution in [2.45, 2.75) is 19.8 Å². The van der Waals surface area contributed by atoms with E-state index in [4.69, 9.17) is 14.7 Å². The van der Waals surface area contributed by atoms with Gasteiger partial charge in [0.05, 0.1) is 24.2 Å². The van der Waals surface area contributed by atoms with Crippen LogP contribution in [0.4, 0.5) is 17.6 Å². The van der Waals surface area contributed by atoms with Crippen LogP contribution < -0.4 is 14.7 Å². The first-order valence-corrected chi connectivity index (χ1v) is 9.94. The zero-order valence-corrected chi connectivity index (χ0v) is 16.9. The molecule has 2 aromatic heterocycles. The van der Waals surface area contributed by atoms with E-state index in [1.54, 1.807) is 0 Å². The quantitative estimate of drug-likeness (QED) is 0.799. The van der Waals surface area contributed by atoms with Crippen molar-refractivity contribution in [2.24, 2.45) is 5.92 Å². The number of nitriles is 1. The van der Waals surface area contributed by atoms with Crippen molar-refractivity contribution in [3.05, 3.63) is 11.6 Å². The first-order chi connectivity index (χ1) is 13.6. The van der Waals surface area contributed by atoms with Gasteiger partial charge in [-0.2, -0.15) is 15.2 Å². The Bertz CT molecular complexity index is 894. The minimum absolute atomic E-state index is 0.572. The molecule has 0 aliphatic carbocycles. The van der Waals surface area contributed by atoms with Crippen LogP contribution in [0.25, 0.3) is 11.0 Å². The molecule has 0 radical (unpaired) electrons. The van der Waals surface area contributed by atoms with Crippen LogP contribution in [0.5, 0.6) is 0 Å². The Kier molecular flexibility index (Phi) is 5.18. The van der Waals surface area contributed by atoms with Crippen molar-refractivity contribution in [2.75, 3.05) is 68.2 Å². The first kappa shape index (κ1) is 18.7. The highest BCUT2D eigenvalue weighted by Gasteiger charge is 2.24. The van der Waals surface area contributed by atoms with Gasteiger partial charge in [-0.05, 0) is 24.8 Å². The van der Waals surface area contributed by atoms with Crippen molar-refractivity contribution < 1.29 is 4.74 Å². The molecule has 8 heteroatoms. The summed E-state index contributed by atoms with van der Waals surface area (Å²) in [6.07, 6.45) is 2.29. The molecule has 0 saturated carbocycles. The highest BCUT2D eigenvalue weighted by atomic mass is 16.5. The number of piperidine rings is 1.